The van der Waals surface area contributed by atoms with Gasteiger partial charge in [-0.15, -0.1) is 11.8 Å². The largest absolute Gasteiger partial charge is 0.271 e. The van der Waals surface area contributed by atoms with Gasteiger partial charge >= 0.3 is 0 Å². The molecule has 1 aromatic heterocycles. The second-order valence-electron chi connectivity index (χ2n) is 3.82. The molecule has 0 aliphatic carbocycles. The summed E-state index contributed by atoms with van der Waals surface area (Å²) in [5, 5.41) is 4.84. The summed E-state index contributed by atoms with van der Waals surface area (Å²) in [5.74, 6) is 0. The summed E-state index contributed by atoms with van der Waals surface area (Å²) in [6, 6.07) is 8.55. The van der Waals surface area contributed by atoms with Crippen LogP contribution in [0.3, 0.4) is 0 Å². The van der Waals surface area contributed by atoms with Crippen molar-refractivity contribution < 1.29 is 0 Å². The highest BCUT2D eigenvalue weighted by Gasteiger charge is 2.25. The molecule has 2 nitrogen and oxygen atoms in total. The predicted octanol–water partition coefficient (Wildman–Crippen LogP) is 3.25. The fourth-order valence-corrected chi connectivity index (χ4v) is 3.41. The Kier molecular flexibility index (Phi) is 1.89. The van der Waals surface area contributed by atoms with Gasteiger partial charge in [-0.3, -0.25) is 4.68 Å². The van der Waals surface area contributed by atoms with E-state index >= 15 is 0 Å². The number of nitrogens with zero attached hydrogens (tertiary/aromatic N) is 2. The lowest BCUT2D eigenvalue weighted by Crippen LogP contribution is -2.05. The lowest BCUT2D eigenvalue weighted by Gasteiger charge is -2.21. The van der Waals surface area contributed by atoms with Crippen LogP contribution in [0.5, 0.6) is 0 Å². The summed E-state index contributed by atoms with van der Waals surface area (Å²) in [5.41, 5.74) is 3.95. The van der Waals surface area contributed by atoms with Gasteiger partial charge in [0.2, 0.25) is 0 Å². The predicted molar refractivity (Wildman–Crippen MR) is 62.9 cm³/mol. The van der Waals surface area contributed by atoms with Crippen LogP contribution in [0.2, 0.25) is 0 Å². The Morgan fingerprint density at radius 3 is 2.93 bits per heavy atom. The van der Waals surface area contributed by atoms with Gasteiger partial charge in [0, 0.05) is 22.8 Å². The van der Waals surface area contributed by atoms with Gasteiger partial charge < -0.3 is 0 Å². The molecule has 1 unspecified atom stereocenters. The van der Waals surface area contributed by atoms with Crippen LogP contribution in [0.15, 0.2) is 35.4 Å². The second-order valence-corrected chi connectivity index (χ2v) is 5.21. The van der Waals surface area contributed by atoms with Crippen molar-refractivity contribution in [3.8, 4) is 11.1 Å². The van der Waals surface area contributed by atoms with E-state index in [1.54, 1.807) is 0 Å². The van der Waals surface area contributed by atoms with Crippen LogP contribution in [-0.2, 0) is 7.05 Å². The number of fused-ring (bicyclic) bond motifs is 3. The maximum atomic E-state index is 4.35. The molecule has 0 N–H and O–H groups in total. The molecule has 1 aliphatic rings. The number of benzene rings is 1. The van der Waals surface area contributed by atoms with Crippen LogP contribution >= 0.6 is 11.8 Å². The van der Waals surface area contributed by atoms with Gasteiger partial charge in [-0.2, -0.15) is 5.10 Å². The van der Waals surface area contributed by atoms with Crippen LogP contribution in [0.1, 0.15) is 17.9 Å². The number of aromatic nitrogens is 2. The third-order valence-electron chi connectivity index (χ3n) is 2.85. The Morgan fingerprint density at radius 1 is 1.27 bits per heavy atom. The first-order valence-electron chi connectivity index (χ1n) is 5.05. The number of aryl methyl sites for hydroxylation is 1. The van der Waals surface area contributed by atoms with Crippen molar-refractivity contribution in [1.29, 1.82) is 0 Å². The Balaban J connectivity index is 2.30. The minimum atomic E-state index is 0.488. The second kappa shape index (κ2) is 3.14. The minimum Gasteiger partial charge on any atom is -0.271 e. The molecular formula is C12H12N2S. The summed E-state index contributed by atoms with van der Waals surface area (Å²) in [6.07, 6.45) is 1.98. The molecule has 0 radical (unpaired) electrons. The van der Waals surface area contributed by atoms with E-state index in [9.17, 15) is 0 Å². The Hall–Kier alpha value is -1.22. The van der Waals surface area contributed by atoms with Crippen molar-refractivity contribution in [2.24, 2.45) is 7.05 Å². The zero-order chi connectivity index (χ0) is 10.4. The van der Waals surface area contributed by atoms with E-state index in [-0.39, 0.29) is 0 Å². The number of hydrogen-bond donors (Lipinski definition) is 0. The maximum Gasteiger partial charge on any atom is 0.0590 e. The van der Waals surface area contributed by atoms with Gasteiger partial charge in [0.05, 0.1) is 11.9 Å². The van der Waals surface area contributed by atoms with Crippen LogP contribution in [0.25, 0.3) is 11.1 Å². The van der Waals surface area contributed by atoms with Crippen molar-refractivity contribution in [3.05, 3.63) is 36.2 Å². The van der Waals surface area contributed by atoms with Gasteiger partial charge in [-0.1, -0.05) is 18.2 Å². The zero-order valence-corrected chi connectivity index (χ0v) is 9.58. The lowest BCUT2D eigenvalue weighted by molar-refractivity contribution is 0.713. The smallest absolute Gasteiger partial charge is 0.0590 e. The van der Waals surface area contributed by atoms with Crippen molar-refractivity contribution >= 4 is 11.8 Å². The van der Waals surface area contributed by atoms with Crippen LogP contribution in [0, 0.1) is 0 Å². The first-order chi connectivity index (χ1) is 7.27. The van der Waals surface area contributed by atoms with E-state index in [1.807, 2.05) is 29.7 Å². The van der Waals surface area contributed by atoms with E-state index in [0.717, 1.165) is 0 Å². The molecular weight excluding hydrogens is 204 g/mol. The maximum absolute atomic E-state index is 4.35. The van der Waals surface area contributed by atoms with Crippen LogP contribution < -0.4 is 0 Å². The molecule has 15 heavy (non-hydrogen) atoms. The molecule has 2 aromatic rings. The highest BCUT2D eigenvalue weighted by Crippen LogP contribution is 2.48. The molecule has 0 saturated carbocycles. The van der Waals surface area contributed by atoms with Crippen molar-refractivity contribution in [2.75, 3.05) is 0 Å². The standard InChI is InChI=1S/C12H12N2S/c1-8-12-10(7-13-14(12)2)9-5-3-4-6-11(9)15-8/h3-8H,1-2H3. The molecule has 1 aliphatic heterocycles. The fraction of sp³-hybridized carbons (Fsp3) is 0.250. The summed E-state index contributed by atoms with van der Waals surface area (Å²) in [4.78, 5) is 1.37. The molecule has 0 bridgehead atoms. The average Bonchev–Trinajstić information content (AvgIpc) is 2.62. The van der Waals surface area contributed by atoms with Gasteiger partial charge in [0.1, 0.15) is 0 Å². The Morgan fingerprint density at radius 2 is 2.07 bits per heavy atom. The minimum absolute atomic E-state index is 0.488. The normalized spacial score (nSPS) is 18.4. The third-order valence-corrected chi connectivity index (χ3v) is 4.04. The molecule has 3 rings (SSSR count). The van der Waals surface area contributed by atoms with E-state index in [0.29, 0.717) is 5.25 Å². The fourth-order valence-electron chi connectivity index (χ4n) is 2.17. The average molecular weight is 216 g/mol. The molecule has 0 amide bonds. The summed E-state index contributed by atoms with van der Waals surface area (Å²) < 4.78 is 1.99. The summed E-state index contributed by atoms with van der Waals surface area (Å²) in [6.45, 7) is 2.24. The summed E-state index contributed by atoms with van der Waals surface area (Å²) in [7, 11) is 2.02. The molecule has 0 fully saturated rings. The quantitative estimate of drug-likeness (QED) is 0.672. The van der Waals surface area contributed by atoms with Crippen LogP contribution in [0.4, 0.5) is 0 Å². The number of thioether (sulfide) groups is 1. The molecule has 0 spiro atoms. The van der Waals surface area contributed by atoms with Gasteiger partial charge in [0.25, 0.3) is 0 Å². The molecule has 1 atom stereocenters. The van der Waals surface area contributed by atoms with Crippen LogP contribution in [-0.4, -0.2) is 9.78 Å². The van der Waals surface area contributed by atoms with Gasteiger partial charge in [-0.25, -0.2) is 0 Å². The molecule has 0 saturated heterocycles. The highest BCUT2D eigenvalue weighted by molar-refractivity contribution is 7.99. The van der Waals surface area contributed by atoms with E-state index in [1.165, 1.54) is 21.7 Å². The van der Waals surface area contributed by atoms with Gasteiger partial charge in [-0.05, 0) is 18.6 Å². The Labute approximate surface area is 93.3 Å². The van der Waals surface area contributed by atoms with E-state index in [2.05, 4.69) is 36.3 Å². The molecule has 1 aromatic carbocycles. The molecule has 2 heterocycles. The van der Waals surface area contributed by atoms with Gasteiger partial charge in [0.15, 0.2) is 0 Å². The molecule has 76 valence electrons. The highest BCUT2D eigenvalue weighted by atomic mass is 32.2. The Bertz CT molecular complexity index is 516. The zero-order valence-electron chi connectivity index (χ0n) is 8.77. The first kappa shape index (κ1) is 9.04. The van der Waals surface area contributed by atoms with Crippen molar-refractivity contribution in [2.45, 2.75) is 17.1 Å². The van der Waals surface area contributed by atoms with E-state index < -0.39 is 0 Å². The monoisotopic (exact) mass is 216 g/mol. The summed E-state index contributed by atoms with van der Waals surface area (Å²) >= 11 is 1.91. The van der Waals surface area contributed by atoms with Crippen molar-refractivity contribution in [3.63, 3.8) is 0 Å². The van der Waals surface area contributed by atoms with Crippen molar-refractivity contribution in [1.82, 2.24) is 9.78 Å². The lowest BCUT2D eigenvalue weighted by atomic mass is 10.0. The number of rotatable bonds is 0. The third kappa shape index (κ3) is 1.23. The first-order valence-corrected chi connectivity index (χ1v) is 5.93. The SMILES string of the molecule is CC1Sc2ccccc2-c2cnn(C)c21. The topological polar surface area (TPSA) is 17.8 Å². The number of hydrogen-bond acceptors (Lipinski definition) is 2. The molecule has 3 heteroatoms. The van der Waals surface area contributed by atoms with E-state index in [4.69, 9.17) is 0 Å².